The molecule has 1 aliphatic heterocycles. The minimum Gasteiger partial charge on any atom is -0.508 e. The van der Waals surface area contributed by atoms with Crippen molar-refractivity contribution in [3.8, 4) is 5.75 Å². The normalized spacial score (nSPS) is 17.1. The zero-order valence-electron chi connectivity index (χ0n) is 36.1. The fraction of sp³-hybridized carbons (Fsp3) is 0.500. The molecule has 6 amide bonds. The van der Waals surface area contributed by atoms with E-state index in [2.05, 4.69) is 41.9 Å². The number of nitrogens with zero attached hydrogens (tertiary/aromatic N) is 2. The van der Waals surface area contributed by atoms with E-state index in [1.54, 1.807) is 77.2 Å². The number of rotatable bonds is 22. The van der Waals surface area contributed by atoms with Crippen LogP contribution in [0.4, 0.5) is 0 Å². The summed E-state index contributed by atoms with van der Waals surface area (Å²) in [4.78, 5) is 104. The number of carboxylic acids is 1. The molecule has 1 fully saturated rings. The number of hydrogen-bond donors (Lipinski definition) is 9. The molecule has 3 aromatic rings. The third-order valence-corrected chi connectivity index (χ3v) is 11.2. The monoisotopic (exact) mass is 859 g/mol. The van der Waals surface area contributed by atoms with Gasteiger partial charge in [-0.15, -0.1) is 0 Å². The number of carbonyl (C=O) groups is 7. The number of H-pyrrole nitrogens is 1. The zero-order chi connectivity index (χ0) is 45.5. The first-order valence-corrected chi connectivity index (χ1v) is 21.0. The minimum atomic E-state index is -1.25. The number of aromatic nitrogens is 2. The molecule has 0 aliphatic carbocycles. The van der Waals surface area contributed by atoms with Crippen molar-refractivity contribution in [2.45, 2.75) is 115 Å². The lowest BCUT2D eigenvalue weighted by molar-refractivity contribution is -0.145. The van der Waals surface area contributed by atoms with Gasteiger partial charge in [0.15, 0.2) is 0 Å². The van der Waals surface area contributed by atoms with Gasteiger partial charge in [0, 0.05) is 37.7 Å². The van der Waals surface area contributed by atoms with E-state index in [0.717, 1.165) is 0 Å². The molecule has 0 bridgehead atoms. The van der Waals surface area contributed by atoms with Crippen molar-refractivity contribution in [1.82, 2.24) is 46.8 Å². The number of aromatic hydroxyl groups is 1. The molecule has 1 aliphatic rings. The maximum atomic E-state index is 14.4. The second-order valence-electron chi connectivity index (χ2n) is 16.2. The third-order valence-electron chi connectivity index (χ3n) is 11.2. The van der Waals surface area contributed by atoms with E-state index in [1.807, 2.05) is 6.92 Å². The molecule has 0 unspecified atom stereocenters. The van der Waals surface area contributed by atoms with E-state index in [1.165, 1.54) is 29.6 Å². The Morgan fingerprint density at radius 2 is 1.37 bits per heavy atom. The predicted octanol–water partition coefficient (Wildman–Crippen LogP) is 0.953. The Labute approximate surface area is 361 Å². The van der Waals surface area contributed by atoms with Gasteiger partial charge in [-0.25, -0.2) is 9.78 Å². The highest BCUT2D eigenvalue weighted by molar-refractivity contribution is 5.97. The van der Waals surface area contributed by atoms with E-state index in [4.69, 9.17) is 0 Å². The molecule has 1 aromatic heterocycles. The Bertz CT molecular complexity index is 1980. The van der Waals surface area contributed by atoms with Gasteiger partial charge in [0.2, 0.25) is 35.4 Å². The number of carboxylic acid groups (broad SMARTS) is 1. The second-order valence-corrected chi connectivity index (χ2v) is 16.2. The maximum absolute atomic E-state index is 14.4. The van der Waals surface area contributed by atoms with Gasteiger partial charge in [-0.05, 0) is 61.9 Å². The molecule has 9 N–H and O–H groups in total. The van der Waals surface area contributed by atoms with Crippen molar-refractivity contribution < 1.29 is 43.8 Å². The van der Waals surface area contributed by atoms with Gasteiger partial charge < -0.3 is 52.0 Å². The van der Waals surface area contributed by atoms with Crippen LogP contribution in [-0.4, -0.2) is 122 Å². The van der Waals surface area contributed by atoms with E-state index in [9.17, 15) is 43.8 Å². The van der Waals surface area contributed by atoms with E-state index in [-0.39, 0.29) is 43.9 Å². The highest BCUT2D eigenvalue weighted by Gasteiger charge is 2.41. The van der Waals surface area contributed by atoms with E-state index >= 15 is 0 Å². The highest BCUT2D eigenvalue weighted by Crippen LogP contribution is 2.21. The summed E-state index contributed by atoms with van der Waals surface area (Å²) in [7, 11) is 1.61. The first kappa shape index (κ1) is 48.4. The van der Waals surface area contributed by atoms with Crippen LogP contribution in [-0.2, 0) is 52.8 Å². The van der Waals surface area contributed by atoms with E-state index < -0.39 is 89.6 Å². The number of benzene rings is 2. The molecule has 0 radical (unpaired) electrons. The SMILES string of the molecule is CC[C@H](C)[C@H](NC(=O)[C@H](Cc1ccc(O)cc1)NC(=O)[C@@H](NC(=O)[C@@H](C)NC)C(C)C)C(=O)N[C@@H](Cc1cnc[nH]1)C(=O)N1CCC[C@H]1C(=O)N[C@@H](Cc1ccccc1)C(=O)O. The lowest BCUT2D eigenvalue weighted by atomic mass is 9.96. The molecular formula is C44H61N9O9. The van der Waals surface area contributed by atoms with Crippen LogP contribution in [0.2, 0.25) is 0 Å². The Morgan fingerprint density at radius 1 is 0.758 bits per heavy atom. The summed E-state index contributed by atoms with van der Waals surface area (Å²) in [6, 6.07) is 7.40. The van der Waals surface area contributed by atoms with Gasteiger partial charge in [-0.3, -0.25) is 28.8 Å². The summed E-state index contributed by atoms with van der Waals surface area (Å²) in [6.07, 6.45) is 4.04. The quantitative estimate of drug-likeness (QED) is 0.0687. The number of likely N-dealkylation sites (N-methyl/N-ethyl adjacent to an activating group) is 1. The average molecular weight is 860 g/mol. The molecule has 0 spiro atoms. The van der Waals surface area contributed by atoms with Gasteiger partial charge in [0.1, 0.15) is 42.0 Å². The Hall–Kier alpha value is -6.30. The number of aliphatic carboxylic acids is 1. The molecule has 62 heavy (non-hydrogen) atoms. The number of hydrogen-bond acceptors (Lipinski definition) is 10. The lowest BCUT2D eigenvalue weighted by Crippen LogP contribution is -2.61. The molecule has 2 aromatic carbocycles. The molecule has 18 heteroatoms. The largest absolute Gasteiger partial charge is 0.508 e. The van der Waals surface area contributed by atoms with E-state index in [0.29, 0.717) is 29.7 Å². The van der Waals surface area contributed by atoms with Crippen molar-refractivity contribution in [2.75, 3.05) is 13.6 Å². The number of carbonyl (C=O) groups excluding carboxylic acids is 6. The van der Waals surface area contributed by atoms with Crippen molar-refractivity contribution in [1.29, 1.82) is 0 Å². The second kappa shape index (κ2) is 23.1. The van der Waals surface area contributed by atoms with Gasteiger partial charge in [-0.1, -0.05) is 76.6 Å². The number of amides is 6. The van der Waals surface area contributed by atoms with Crippen LogP contribution in [0.1, 0.15) is 70.7 Å². The number of phenols is 1. The average Bonchev–Trinajstić information content (AvgIpc) is 3.97. The summed E-state index contributed by atoms with van der Waals surface area (Å²) in [5.74, 6) is -5.71. The molecule has 0 saturated carbocycles. The summed E-state index contributed by atoms with van der Waals surface area (Å²) in [5.41, 5.74) is 1.81. The fourth-order valence-corrected chi connectivity index (χ4v) is 7.14. The minimum absolute atomic E-state index is 0.00107. The molecule has 8 atom stereocenters. The summed E-state index contributed by atoms with van der Waals surface area (Å²) < 4.78 is 0. The van der Waals surface area contributed by atoms with Crippen LogP contribution in [0.15, 0.2) is 67.1 Å². The Balaban J connectivity index is 1.57. The number of nitrogens with one attached hydrogen (secondary N) is 7. The molecule has 4 rings (SSSR count). The number of phenolic OH excluding ortho intramolecular Hbond substituents is 1. The number of imidazole rings is 1. The number of aromatic amines is 1. The summed E-state index contributed by atoms with van der Waals surface area (Å²) >= 11 is 0. The third kappa shape index (κ3) is 13.6. The van der Waals surface area contributed by atoms with Crippen LogP contribution in [0.25, 0.3) is 0 Å². The smallest absolute Gasteiger partial charge is 0.326 e. The van der Waals surface area contributed by atoms with Gasteiger partial charge in [-0.2, -0.15) is 0 Å². The summed E-state index contributed by atoms with van der Waals surface area (Å²) in [6.45, 7) is 8.92. The molecule has 336 valence electrons. The van der Waals surface area contributed by atoms with Crippen LogP contribution < -0.4 is 31.9 Å². The first-order valence-electron chi connectivity index (χ1n) is 21.0. The molecular weight excluding hydrogens is 799 g/mol. The maximum Gasteiger partial charge on any atom is 0.326 e. The Morgan fingerprint density at radius 3 is 1.97 bits per heavy atom. The van der Waals surface area contributed by atoms with Crippen LogP contribution in [0.5, 0.6) is 5.75 Å². The lowest BCUT2D eigenvalue weighted by Gasteiger charge is -2.32. The highest BCUT2D eigenvalue weighted by atomic mass is 16.4. The molecule has 18 nitrogen and oxygen atoms in total. The molecule has 1 saturated heterocycles. The van der Waals surface area contributed by atoms with Crippen molar-refractivity contribution >= 4 is 41.4 Å². The van der Waals surface area contributed by atoms with Crippen molar-refractivity contribution in [3.05, 3.63) is 83.9 Å². The van der Waals surface area contributed by atoms with Gasteiger partial charge in [0.05, 0.1) is 12.4 Å². The first-order chi connectivity index (χ1) is 29.5. The topological polar surface area (TPSA) is 264 Å². The Kier molecular flexibility index (Phi) is 18.0. The van der Waals surface area contributed by atoms with Crippen LogP contribution in [0, 0.1) is 11.8 Å². The van der Waals surface area contributed by atoms with Crippen LogP contribution >= 0.6 is 0 Å². The number of likely N-dealkylation sites (tertiary alicyclic amines) is 1. The molecule has 2 heterocycles. The van der Waals surface area contributed by atoms with Gasteiger partial charge in [0.25, 0.3) is 0 Å². The van der Waals surface area contributed by atoms with Crippen LogP contribution in [0.3, 0.4) is 0 Å². The predicted molar refractivity (Wildman–Crippen MR) is 229 cm³/mol. The standard InChI is InChI=1S/C44H61N9O9/c1-7-26(4)37(52-39(56)32(20-29-15-17-31(54)18-16-29)48-41(58)36(25(2)3)51-38(55)27(5)45-6)42(59)49-33(22-30-23-46-24-47-30)43(60)53-19-11-14-35(53)40(57)50-34(44(61)62)21-28-12-9-8-10-13-28/h8-10,12-13,15-18,23-27,32-37,45,54H,7,11,14,19-22H2,1-6H3,(H,46,47)(H,48,58)(H,49,59)(H,50,57)(H,51,55)(H,52,56)(H,61,62)/t26-,27+,32-,33-,34-,35-,36-,37-/m0/s1. The fourth-order valence-electron chi connectivity index (χ4n) is 7.14. The zero-order valence-corrected chi connectivity index (χ0v) is 36.1. The van der Waals surface area contributed by atoms with Crippen molar-refractivity contribution in [3.63, 3.8) is 0 Å². The van der Waals surface area contributed by atoms with Crippen molar-refractivity contribution in [2.24, 2.45) is 11.8 Å². The van der Waals surface area contributed by atoms with Gasteiger partial charge >= 0.3 is 5.97 Å². The summed E-state index contributed by atoms with van der Waals surface area (Å²) in [5, 5.41) is 36.4.